The molecule has 0 bridgehead atoms. The van der Waals surface area contributed by atoms with Crippen molar-refractivity contribution in [3.05, 3.63) is 46.7 Å². The average molecular weight is 558 g/mol. The molecule has 3 amide bonds. The first-order chi connectivity index (χ1) is 17.2. The Balaban J connectivity index is 1.46. The molecule has 3 aliphatic rings. The largest absolute Gasteiger partial charge is 0.508 e. The molecule has 36 heavy (non-hydrogen) atoms. The van der Waals surface area contributed by atoms with E-state index in [0.717, 1.165) is 55.6 Å². The van der Waals surface area contributed by atoms with Crippen molar-refractivity contribution >= 4 is 40.2 Å². The van der Waals surface area contributed by atoms with E-state index in [-0.39, 0.29) is 28.4 Å². The Morgan fingerprint density at radius 1 is 1.14 bits per heavy atom. The lowest BCUT2D eigenvalue weighted by Gasteiger charge is -2.38. The molecule has 2 unspecified atom stereocenters. The predicted octanol–water partition coefficient (Wildman–Crippen LogP) is 5.05. The summed E-state index contributed by atoms with van der Waals surface area (Å²) in [7, 11) is 0. The highest BCUT2D eigenvalue weighted by Gasteiger charge is 2.35. The lowest BCUT2D eigenvalue weighted by Crippen LogP contribution is -2.44. The number of phenols is 1. The number of hydrogen-bond acceptors (Lipinski definition) is 4. The van der Waals surface area contributed by atoms with Gasteiger partial charge in [0.2, 0.25) is 5.91 Å². The number of aromatic hydroxyl groups is 1. The number of phenolic OH excluding ortho intramolecular Hbond substituents is 1. The first-order valence-corrected chi connectivity index (χ1v) is 13.9. The Morgan fingerprint density at radius 3 is 2.44 bits per heavy atom. The summed E-state index contributed by atoms with van der Waals surface area (Å²) in [5.74, 6) is 1.25. The Morgan fingerprint density at radius 2 is 1.81 bits per heavy atom. The zero-order valence-electron chi connectivity index (χ0n) is 21.2. The molecule has 2 fully saturated rings. The summed E-state index contributed by atoms with van der Waals surface area (Å²) in [4.78, 5) is 33.2. The number of piperidine rings is 2. The average Bonchev–Trinajstić information content (AvgIpc) is 2.99. The van der Waals surface area contributed by atoms with Crippen molar-refractivity contribution in [1.82, 2.24) is 9.80 Å². The van der Waals surface area contributed by atoms with Crippen LogP contribution in [0.2, 0.25) is 0 Å². The molecule has 8 heteroatoms. The second-order valence-electron chi connectivity index (χ2n) is 10.3. The number of hydrogen-bond donors (Lipinski definition) is 2. The highest BCUT2D eigenvalue weighted by Crippen LogP contribution is 2.44. The van der Waals surface area contributed by atoms with Crippen LogP contribution in [-0.4, -0.2) is 64.1 Å². The van der Waals surface area contributed by atoms with Crippen LogP contribution in [0, 0.1) is 11.8 Å². The number of nitrogens with two attached hydrogens (primary N) is 1. The molecular weight excluding hydrogens is 520 g/mol. The summed E-state index contributed by atoms with van der Waals surface area (Å²) in [6.45, 7) is 6.92. The molecule has 2 atom stereocenters. The van der Waals surface area contributed by atoms with Crippen LogP contribution in [0.1, 0.15) is 63.0 Å². The first-order valence-electron chi connectivity index (χ1n) is 12.9. The van der Waals surface area contributed by atoms with Crippen LogP contribution in [-0.2, 0) is 4.79 Å². The SMILES string of the molecule is CC1=C(N=CC(C)Br)C(C2CCN(C(=O)CC3CCN(C(N)=O)CC3)CC2)c2ccc(O)cc2C=C1. The molecule has 194 valence electrons. The maximum atomic E-state index is 13.1. The zero-order chi connectivity index (χ0) is 25.8. The first kappa shape index (κ1) is 26.5. The van der Waals surface area contributed by atoms with E-state index >= 15 is 0 Å². The minimum Gasteiger partial charge on any atom is -0.508 e. The number of nitrogens with zero attached hydrogens (tertiary/aromatic N) is 3. The maximum Gasteiger partial charge on any atom is 0.314 e. The van der Waals surface area contributed by atoms with E-state index in [1.807, 2.05) is 23.2 Å². The zero-order valence-corrected chi connectivity index (χ0v) is 22.8. The van der Waals surface area contributed by atoms with Gasteiger partial charge in [-0.3, -0.25) is 9.79 Å². The number of likely N-dealkylation sites (tertiary alicyclic amines) is 2. The van der Waals surface area contributed by atoms with E-state index in [1.54, 1.807) is 11.0 Å². The van der Waals surface area contributed by atoms with E-state index in [4.69, 9.17) is 10.7 Å². The molecule has 3 N–H and O–H groups in total. The fourth-order valence-corrected chi connectivity index (χ4v) is 5.86. The van der Waals surface area contributed by atoms with Gasteiger partial charge in [0, 0.05) is 49.6 Å². The van der Waals surface area contributed by atoms with Gasteiger partial charge >= 0.3 is 6.03 Å². The number of alkyl halides is 1. The summed E-state index contributed by atoms with van der Waals surface area (Å²) in [5.41, 5.74) is 9.78. The minimum atomic E-state index is -0.370. The summed E-state index contributed by atoms with van der Waals surface area (Å²) < 4.78 is 0. The Hall–Kier alpha value is -2.61. The molecule has 7 nitrogen and oxygen atoms in total. The van der Waals surface area contributed by atoms with Gasteiger partial charge in [-0.05, 0) is 80.2 Å². The van der Waals surface area contributed by atoms with Gasteiger partial charge in [-0.1, -0.05) is 34.1 Å². The summed E-state index contributed by atoms with van der Waals surface area (Å²) in [5, 5.41) is 10.1. The monoisotopic (exact) mass is 556 g/mol. The van der Waals surface area contributed by atoms with E-state index in [0.29, 0.717) is 31.3 Å². The number of urea groups is 1. The van der Waals surface area contributed by atoms with Gasteiger partial charge in [0.05, 0.1) is 5.70 Å². The van der Waals surface area contributed by atoms with Crippen LogP contribution < -0.4 is 5.73 Å². The minimum absolute atomic E-state index is 0.105. The Labute approximate surface area is 222 Å². The smallest absolute Gasteiger partial charge is 0.314 e. The molecule has 2 aliphatic heterocycles. The number of fused-ring (bicyclic) bond motifs is 1. The third-order valence-corrected chi connectivity index (χ3v) is 8.03. The van der Waals surface area contributed by atoms with Crippen LogP contribution in [0.25, 0.3) is 6.08 Å². The molecule has 0 radical (unpaired) electrons. The summed E-state index contributed by atoms with van der Waals surface area (Å²) >= 11 is 3.58. The van der Waals surface area contributed by atoms with E-state index in [9.17, 15) is 14.7 Å². The Bertz CT molecular complexity index is 1060. The molecule has 2 saturated heterocycles. The second kappa shape index (κ2) is 11.6. The molecule has 1 aromatic rings. The van der Waals surface area contributed by atoms with E-state index < -0.39 is 0 Å². The molecule has 0 spiro atoms. The van der Waals surface area contributed by atoms with Crippen molar-refractivity contribution in [2.75, 3.05) is 26.2 Å². The van der Waals surface area contributed by atoms with Crippen LogP contribution in [0.5, 0.6) is 5.75 Å². The highest BCUT2D eigenvalue weighted by atomic mass is 79.9. The fraction of sp³-hybridized carbons (Fsp3) is 0.536. The van der Waals surface area contributed by atoms with Crippen LogP contribution in [0.4, 0.5) is 4.79 Å². The topological polar surface area (TPSA) is 99.2 Å². The normalized spacial score (nSPS) is 22.6. The molecule has 0 saturated carbocycles. The van der Waals surface area contributed by atoms with Crippen molar-refractivity contribution in [2.45, 2.75) is 56.7 Å². The Kier molecular flexibility index (Phi) is 8.54. The summed E-state index contributed by atoms with van der Waals surface area (Å²) in [6, 6.07) is 5.25. The number of carbonyl (C=O) groups excluding carboxylic acids is 2. The van der Waals surface area contributed by atoms with Gasteiger partial charge in [-0.25, -0.2) is 4.79 Å². The molecule has 4 rings (SSSR count). The second-order valence-corrected chi connectivity index (χ2v) is 11.8. The molecular formula is C28H37BrN4O3. The summed E-state index contributed by atoms with van der Waals surface area (Å²) in [6.07, 6.45) is 10.1. The molecule has 0 aromatic heterocycles. The lowest BCUT2D eigenvalue weighted by atomic mass is 9.76. The van der Waals surface area contributed by atoms with Gasteiger partial charge < -0.3 is 20.6 Å². The van der Waals surface area contributed by atoms with Crippen LogP contribution >= 0.6 is 15.9 Å². The third kappa shape index (κ3) is 6.20. The van der Waals surface area contributed by atoms with E-state index in [1.165, 1.54) is 5.56 Å². The van der Waals surface area contributed by atoms with Gasteiger partial charge in [0.25, 0.3) is 0 Å². The fourth-order valence-electron chi connectivity index (χ4n) is 5.74. The molecule has 2 heterocycles. The molecule has 1 aliphatic carbocycles. The number of amides is 3. The number of primary amides is 1. The number of halogens is 1. The predicted molar refractivity (Wildman–Crippen MR) is 147 cm³/mol. The van der Waals surface area contributed by atoms with Gasteiger partial charge in [-0.15, -0.1) is 0 Å². The number of carbonyl (C=O) groups is 2. The van der Waals surface area contributed by atoms with Crippen LogP contribution in [0.15, 0.2) is 40.5 Å². The number of allylic oxidation sites excluding steroid dienone is 3. The van der Waals surface area contributed by atoms with Crippen molar-refractivity contribution < 1.29 is 14.7 Å². The van der Waals surface area contributed by atoms with Gasteiger partial charge in [0.15, 0.2) is 0 Å². The van der Waals surface area contributed by atoms with E-state index in [2.05, 4.69) is 41.9 Å². The van der Waals surface area contributed by atoms with Crippen molar-refractivity contribution in [2.24, 2.45) is 22.6 Å². The third-order valence-electron chi connectivity index (χ3n) is 7.79. The molecule has 1 aromatic carbocycles. The quantitative estimate of drug-likeness (QED) is 0.392. The van der Waals surface area contributed by atoms with Crippen molar-refractivity contribution in [3.8, 4) is 5.75 Å². The highest BCUT2D eigenvalue weighted by molar-refractivity contribution is 9.09. The number of rotatable bonds is 5. The maximum absolute atomic E-state index is 13.1. The lowest BCUT2D eigenvalue weighted by molar-refractivity contribution is -0.134. The number of aliphatic imine (C=N–C) groups is 1. The van der Waals surface area contributed by atoms with Crippen molar-refractivity contribution in [3.63, 3.8) is 0 Å². The number of benzene rings is 1. The standard InChI is InChI=1S/C28H37BrN4O3/c1-18-3-4-22-16-23(34)5-6-24(22)26(27(18)31-17-19(2)29)21-9-13-32(14-10-21)25(35)15-20-7-11-33(12-8-20)28(30)36/h3-6,16-17,19-21,26,34H,7-15H2,1-2H3,(H2,30,36). The van der Waals surface area contributed by atoms with Gasteiger partial charge in [0.1, 0.15) is 5.75 Å². The van der Waals surface area contributed by atoms with Crippen LogP contribution in [0.3, 0.4) is 0 Å². The van der Waals surface area contributed by atoms with Gasteiger partial charge in [-0.2, -0.15) is 0 Å². The van der Waals surface area contributed by atoms with Crippen molar-refractivity contribution in [1.29, 1.82) is 0 Å².